The van der Waals surface area contributed by atoms with Gasteiger partial charge in [-0.05, 0) is 76.6 Å². The summed E-state index contributed by atoms with van der Waals surface area (Å²) in [4.78, 5) is 19.8. The molecule has 0 spiro atoms. The molecule has 0 radical (unpaired) electrons. The predicted octanol–water partition coefficient (Wildman–Crippen LogP) is 4.61. The number of carbonyl (C=O) groups is 1. The molecular weight excluding hydrogens is 360 g/mol. The van der Waals surface area contributed by atoms with Gasteiger partial charge in [0, 0.05) is 17.6 Å². The van der Waals surface area contributed by atoms with Gasteiger partial charge in [0.2, 0.25) is 0 Å². The van der Waals surface area contributed by atoms with Crippen LogP contribution in [-0.4, -0.2) is 39.8 Å². The molecular formula is C21H28N2O3S. The van der Waals surface area contributed by atoms with Crippen molar-refractivity contribution >= 4 is 28.9 Å². The van der Waals surface area contributed by atoms with Gasteiger partial charge in [-0.2, -0.15) is 0 Å². The van der Waals surface area contributed by atoms with Crippen molar-refractivity contribution in [3.63, 3.8) is 0 Å². The Morgan fingerprint density at radius 3 is 2.59 bits per heavy atom. The van der Waals surface area contributed by atoms with Crippen molar-refractivity contribution in [3.8, 4) is 11.5 Å². The maximum absolute atomic E-state index is 12.9. The van der Waals surface area contributed by atoms with E-state index in [4.69, 9.17) is 4.74 Å². The number of amides is 1. The third kappa shape index (κ3) is 4.95. The second-order valence-electron chi connectivity index (χ2n) is 6.84. The quantitative estimate of drug-likeness (QED) is 0.547. The van der Waals surface area contributed by atoms with Gasteiger partial charge in [0.1, 0.15) is 0 Å². The van der Waals surface area contributed by atoms with E-state index in [1.165, 1.54) is 11.8 Å². The van der Waals surface area contributed by atoms with Gasteiger partial charge in [0.05, 0.1) is 11.5 Å². The molecule has 1 aromatic carbocycles. The van der Waals surface area contributed by atoms with Crippen LogP contribution in [-0.2, 0) is 11.2 Å². The number of aromatic hydroxyl groups is 1. The topological polar surface area (TPSA) is 62.1 Å². The van der Waals surface area contributed by atoms with Crippen molar-refractivity contribution in [1.29, 1.82) is 0 Å². The summed E-state index contributed by atoms with van der Waals surface area (Å²) in [6.07, 6.45) is 4.08. The van der Waals surface area contributed by atoms with E-state index in [1.54, 1.807) is 17.0 Å². The molecule has 0 aliphatic carbocycles. The highest BCUT2D eigenvalue weighted by atomic mass is 32.2. The average Bonchev–Trinajstić information content (AvgIpc) is 2.87. The number of rotatable bonds is 7. The minimum atomic E-state index is -0.0503. The number of thioether (sulfide) groups is 1. The highest BCUT2D eigenvalue weighted by Crippen LogP contribution is 2.37. The number of allylic oxidation sites excluding steroid dienone is 1. The van der Waals surface area contributed by atoms with Crippen molar-refractivity contribution in [2.45, 2.75) is 53.1 Å². The van der Waals surface area contributed by atoms with Gasteiger partial charge in [0.15, 0.2) is 16.7 Å². The molecule has 2 rings (SSSR count). The van der Waals surface area contributed by atoms with Crippen molar-refractivity contribution < 1.29 is 14.6 Å². The highest BCUT2D eigenvalue weighted by molar-refractivity contribution is 8.18. The first-order chi connectivity index (χ1) is 12.8. The number of phenolic OH excluding ortho intramolecular Hbond substituents is 1. The molecule has 0 saturated carbocycles. The van der Waals surface area contributed by atoms with E-state index in [9.17, 15) is 9.90 Å². The Morgan fingerprint density at radius 1 is 1.33 bits per heavy atom. The van der Waals surface area contributed by atoms with E-state index >= 15 is 0 Å². The van der Waals surface area contributed by atoms with Crippen molar-refractivity contribution in [3.05, 3.63) is 40.8 Å². The van der Waals surface area contributed by atoms with Gasteiger partial charge in [0.25, 0.3) is 5.91 Å². The lowest BCUT2D eigenvalue weighted by molar-refractivity contribution is -0.123. The maximum atomic E-state index is 12.9. The van der Waals surface area contributed by atoms with Crippen LogP contribution >= 0.6 is 11.8 Å². The molecule has 146 valence electrons. The molecule has 5 nitrogen and oxygen atoms in total. The maximum Gasteiger partial charge on any atom is 0.266 e. The summed E-state index contributed by atoms with van der Waals surface area (Å²) in [5.41, 5.74) is 1.52. The van der Waals surface area contributed by atoms with Gasteiger partial charge in [-0.1, -0.05) is 6.08 Å². The zero-order valence-corrected chi connectivity index (χ0v) is 17.5. The van der Waals surface area contributed by atoms with E-state index in [1.807, 2.05) is 46.8 Å². The van der Waals surface area contributed by atoms with Gasteiger partial charge in [-0.15, -0.1) is 6.58 Å². The molecule has 0 bridgehead atoms. The first-order valence-electron chi connectivity index (χ1n) is 9.18. The van der Waals surface area contributed by atoms with Crippen LogP contribution in [0.1, 0.15) is 45.7 Å². The van der Waals surface area contributed by atoms with Crippen molar-refractivity contribution in [1.82, 2.24) is 4.90 Å². The molecule has 6 heteroatoms. The molecule has 27 heavy (non-hydrogen) atoms. The summed E-state index contributed by atoms with van der Waals surface area (Å²) in [6.45, 7) is 14.0. The van der Waals surface area contributed by atoms with Crippen LogP contribution in [0.15, 0.2) is 34.7 Å². The van der Waals surface area contributed by atoms with Crippen LogP contribution in [0.5, 0.6) is 11.5 Å². The Bertz CT molecular complexity index is 782. The molecule has 1 amide bonds. The van der Waals surface area contributed by atoms with E-state index < -0.39 is 0 Å². The Morgan fingerprint density at radius 2 is 2.04 bits per heavy atom. The lowest BCUT2D eigenvalue weighted by Crippen LogP contribution is -2.35. The predicted molar refractivity (Wildman–Crippen MR) is 113 cm³/mol. The molecule has 1 fully saturated rings. The third-order valence-electron chi connectivity index (χ3n) is 3.86. The Labute approximate surface area is 165 Å². The van der Waals surface area contributed by atoms with Crippen LogP contribution < -0.4 is 4.74 Å². The fourth-order valence-electron chi connectivity index (χ4n) is 2.75. The van der Waals surface area contributed by atoms with E-state index in [-0.39, 0.29) is 23.7 Å². The average molecular weight is 389 g/mol. The number of nitrogens with zero attached hydrogens (tertiary/aromatic N) is 2. The zero-order chi connectivity index (χ0) is 20.1. The first kappa shape index (κ1) is 21.1. The summed E-state index contributed by atoms with van der Waals surface area (Å²) in [7, 11) is 0. The minimum Gasteiger partial charge on any atom is -0.504 e. The summed E-state index contributed by atoms with van der Waals surface area (Å²) in [5.74, 6) is 0.483. The minimum absolute atomic E-state index is 0.0310. The van der Waals surface area contributed by atoms with Crippen LogP contribution in [0.2, 0.25) is 0 Å². The van der Waals surface area contributed by atoms with Crippen LogP contribution in [0, 0.1) is 0 Å². The molecule has 0 unspecified atom stereocenters. The molecule has 0 aromatic heterocycles. The number of benzene rings is 1. The van der Waals surface area contributed by atoms with Gasteiger partial charge >= 0.3 is 0 Å². The number of carbonyl (C=O) groups excluding carboxylic acids is 1. The SMILES string of the molecule is C=CCc1cc(/C=C2/SC(=NC(C)C)N(C(C)C)C2=O)cc(OCC)c1O. The second-order valence-corrected chi connectivity index (χ2v) is 7.85. The molecule has 1 saturated heterocycles. The number of phenols is 1. The molecule has 1 aliphatic heterocycles. The number of hydrogen-bond acceptors (Lipinski definition) is 5. The van der Waals surface area contributed by atoms with Gasteiger partial charge in [-0.3, -0.25) is 14.7 Å². The summed E-state index contributed by atoms with van der Waals surface area (Å²) < 4.78 is 5.55. The summed E-state index contributed by atoms with van der Waals surface area (Å²) >= 11 is 1.39. The zero-order valence-electron chi connectivity index (χ0n) is 16.7. The number of amidine groups is 1. The van der Waals surface area contributed by atoms with E-state index in [0.29, 0.717) is 23.7 Å². The van der Waals surface area contributed by atoms with Gasteiger partial charge < -0.3 is 9.84 Å². The highest BCUT2D eigenvalue weighted by Gasteiger charge is 2.35. The molecule has 0 atom stereocenters. The van der Waals surface area contributed by atoms with Gasteiger partial charge in [-0.25, -0.2) is 0 Å². The third-order valence-corrected chi connectivity index (χ3v) is 4.86. The summed E-state index contributed by atoms with van der Waals surface area (Å²) in [5, 5.41) is 11.1. The molecule has 1 aliphatic rings. The number of ether oxygens (including phenoxy) is 1. The smallest absolute Gasteiger partial charge is 0.266 e. The standard InChI is InChI=1S/C21H28N2O3S/c1-7-9-16-10-15(11-17(19(16)24)26-8-2)12-18-20(25)23(14(5)6)21(27-18)22-13(3)4/h7,10-14,24H,1,8-9H2,2-6H3/b18-12+,22-21?. The Hall–Kier alpha value is -2.21. The first-order valence-corrected chi connectivity index (χ1v) is 10.0. The molecule has 1 N–H and O–H groups in total. The molecule has 1 aromatic rings. The van der Waals surface area contributed by atoms with Crippen molar-refractivity contribution in [2.75, 3.05) is 6.61 Å². The van der Waals surface area contributed by atoms with Crippen LogP contribution in [0.4, 0.5) is 0 Å². The lowest BCUT2D eigenvalue weighted by Gasteiger charge is -2.20. The normalized spacial score (nSPS) is 17.6. The fraction of sp³-hybridized carbons (Fsp3) is 0.429. The van der Waals surface area contributed by atoms with Crippen LogP contribution in [0.3, 0.4) is 0 Å². The number of aliphatic imine (C=N–C) groups is 1. The largest absolute Gasteiger partial charge is 0.504 e. The van der Waals surface area contributed by atoms with Crippen molar-refractivity contribution in [2.24, 2.45) is 4.99 Å². The van der Waals surface area contributed by atoms with Crippen LogP contribution in [0.25, 0.3) is 6.08 Å². The van der Waals surface area contributed by atoms with E-state index in [2.05, 4.69) is 11.6 Å². The fourth-order valence-corrected chi connectivity index (χ4v) is 3.99. The second kappa shape index (κ2) is 9.13. The van der Waals surface area contributed by atoms with E-state index in [0.717, 1.165) is 16.3 Å². The lowest BCUT2D eigenvalue weighted by atomic mass is 10.0. The Kier molecular flexibility index (Phi) is 7.13. The number of hydrogen-bond donors (Lipinski definition) is 1. The molecule has 1 heterocycles. The Balaban J connectivity index is 2.48. The summed E-state index contributed by atoms with van der Waals surface area (Å²) in [6, 6.07) is 3.75. The monoisotopic (exact) mass is 388 g/mol.